The number of carbonyl (C=O) groups excluding carboxylic acids is 1. The van der Waals surface area contributed by atoms with E-state index in [4.69, 9.17) is 0 Å². The molecule has 3 aromatic rings. The normalized spacial score (nSPS) is 10.7. The van der Waals surface area contributed by atoms with Crippen molar-refractivity contribution in [3.8, 4) is 11.4 Å². The van der Waals surface area contributed by atoms with E-state index < -0.39 is 0 Å². The monoisotopic (exact) mass is 391 g/mol. The highest BCUT2D eigenvalue weighted by Crippen LogP contribution is 2.22. The summed E-state index contributed by atoms with van der Waals surface area (Å²) in [5.74, 6) is 0.171. The van der Waals surface area contributed by atoms with Crippen LogP contribution in [0.25, 0.3) is 11.4 Å². The van der Waals surface area contributed by atoms with Crippen molar-refractivity contribution in [1.29, 1.82) is 0 Å². The summed E-state index contributed by atoms with van der Waals surface area (Å²) in [6.07, 6.45) is 0. The Balaban J connectivity index is 1.68. The summed E-state index contributed by atoms with van der Waals surface area (Å²) < 4.78 is 14.6. The third-order valence-electron chi connectivity index (χ3n) is 3.07. The van der Waals surface area contributed by atoms with Crippen LogP contribution in [-0.2, 0) is 0 Å². The molecular weight excluding hydrogens is 381 g/mol. The Bertz CT molecular complexity index is 853. The number of nitrogens with zero attached hydrogens (tertiary/aromatic N) is 2. The first kappa shape index (κ1) is 15.9. The lowest BCUT2D eigenvalue weighted by molar-refractivity contribution is 0.102. The van der Waals surface area contributed by atoms with Crippen molar-refractivity contribution >= 4 is 33.5 Å². The van der Waals surface area contributed by atoms with E-state index in [2.05, 4.69) is 31.1 Å². The molecule has 2 aromatic carbocycles. The minimum absolute atomic E-state index is 0.0199. The number of aromatic nitrogens is 3. The number of halogens is 2. The molecule has 0 fully saturated rings. The lowest BCUT2D eigenvalue weighted by Gasteiger charge is -1.99. The first-order valence-corrected chi connectivity index (χ1v) is 8.50. The van der Waals surface area contributed by atoms with E-state index in [9.17, 15) is 9.18 Å². The third-order valence-corrected chi connectivity index (χ3v) is 4.41. The summed E-state index contributed by atoms with van der Waals surface area (Å²) in [5.41, 5.74) is 0.974. The molecule has 0 bridgehead atoms. The zero-order valence-corrected chi connectivity index (χ0v) is 14.2. The molecule has 0 saturated carbocycles. The molecule has 116 valence electrons. The average Bonchev–Trinajstić information content (AvgIpc) is 3.02. The molecule has 0 spiro atoms. The molecule has 1 heterocycles. The van der Waals surface area contributed by atoms with Gasteiger partial charge in [-0.15, -0.1) is 5.10 Å². The van der Waals surface area contributed by atoms with Crippen molar-refractivity contribution in [3.63, 3.8) is 0 Å². The van der Waals surface area contributed by atoms with Gasteiger partial charge in [-0.2, -0.15) is 0 Å². The van der Waals surface area contributed by atoms with Gasteiger partial charge in [-0.25, -0.2) is 9.37 Å². The van der Waals surface area contributed by atoms with Gasteiger partial charge in [0.25, 0.3) is 0 Å². The van der Waals surface area contributed by atoms with Crippen LogP contribution in [0.1, 0.15) is 10.4 Å². The number of carbonyl (C=O) groups is 1. The second-order valence-electron chi connectivity index (χ2n) is 4.67. The van der Waals surface area contributed by atoms with E-state index in [-0.39, 0.29) is 17.4 Å². The van der Waals surface area contributed by atoms with Crippen molar-refractivity contribution in [3.05, 3.63) is 64.4 Å². The number of nitrogens with one attached hydrogen (secondary N) is 1. The molecule has 0 saturated heterocycles. The Morgan fingerprint density at radius 3 is 2.83 bits per heavy atom. The molecule has 0 unspecified atom stereocenters. The molecule has 0 amide bonds. The van der Waals surface area contributed by atoms with Gasteiger partial charge in [0, 0.05) is 10.0 Å². The van der Waals surface area contributed by atoms with Gasteiger partial charge in [-0.05, 0) is 24.3 Å². The van der Waals surface area contributed by atoms with Gasteiger partial charge in [-0.3, -0.25) is 9.89 Å². The molecule has 3 rings (SSSR count). The van der Waals surface area contributed by atoms with Crippen LogP contribution in [0.2, 0.25) is 0 Å². The van der Waals surface area contributed by atoms with Crippen molar-refractivity contribution in [1.82, 2.24) is 15.2 Å². The van der Waals surface area contributed by atoms with Gasteiger partial charge in [0.1, 0.15) is 5.82 Å². The fraction of sp³-hybridized carbons (Fsp3) is 0.0625. The lowest BCUT2D eigenvalue weighted by Crippen LogP contribution is -2.02. The molecule has 4 nitrogen and oxygen atoms in total. The van der Waals surface area contributed by atoms with Gasteiger partial charge in [0.15, 0.2) is 11.6 Å². The Hall–Kier alpha value is -1.99. The van der Waals surface area contributed by atoms with Crippen LogP contribution in [-0.4, -0.2) is 26.7 Å². The van der Waals surface area contributed by atoms with Gasteiger partial charge in [0.2, 0.25) is 5.16 Å². The van der Waals surface area contributed by atoms with Crippen molar-refractivity contribution in [2.45, 2.75) is 5.16 Å². The van der Waals surface area contributed by atoms with Crippen molar-refractivity contribution in [2.24, 2.45) is 0 Å². The standard InChI is InChI=1S/C16H11BrFN3OS/c17-11-5-3-4-10(8-11)14(22)9-23-16-19-15(20-21-16)12-6-1-2-7-13(12)18/h1-8H,9H2,(H,19,20,21). The summed E-state index contributed by atoms with van der Waals surface area (Å²) >= 11 is 4.55. The number of rotatable bonds is 5. The second kappa shape index (κ2) is 7.06. The number of hydrogen-bond acceptors (Lipinski definition) is 4. The van der Waals surface area contributed by atoms with E-state index in [1.807, 2.05) is 12.1 Å². The molecule has 0 atom stereocenters. The zero-order chi connectivity index (χ0) is 16.2. The third kappa shape index (κ3) is 3.86. The molecule has 0 radical (unpaired) electrons. The number of Topliss-reactive ketones (excluding diaryl/α,β-unsaturated/α-hetero) is 1. The van der Waals surface area contributed by atoms with Crippen LogP contribution < -0.4 is 0 Å². The largest absolute Gasteiger partial charge is 0.293 e. The summed E-state index contributed by atoms with van der Waals surface area (Å²) in [4.78, 5) is 16.4. The maximum atomic E-state index is 13.7. The number of thioether (sulfide) groups is 1. The molecule has 0 aliphatic carbocycles. The molecule has 0 aliphatic heterocycles. The number of aromatic amines is 1. The second-order valence-corrected chi connectivity index (χ2v) is 6.53. The van der Waals surface area contributed by atoms with Crippen LogP contribution in [0.4, 0.5) is 4.39 Å². The summed E-state index contributed by atoms with van der Waals surface area (Å²) in [6, 6.07) is 13.5. The van der Waals surface area contributed by atoms with Gasteiger partial charge < -0.3 is 0 Å². The van der Waals surface area contributed by atoms with E-state index in [1.165, 1.54) is 17.8 Å². The smallest absolute Gasteiger partial charge is 0.209 e. The molecule has 23 heavy (non-hydrogen) atoms. The topological polar surface area (TPSA) is 58.6 Å². The number of benzene rings is 2. The minimum atomic E-state index is -0.370. The maximum Gasteiger partial charge on any atom is 0.209 e. The van der Waals surface area contributed by atoms with E-state index in [0.29, 0.717) is 22.1 Å². The lowest BCUT2D eigenvalue weighted by atomic mass is 10.2. The van der Waals surface area contributed by atoms with Gasteiger partial charge in [0.05, 0.1) is 11.3 Å². The quantitative estimate of drug-likeness (QED) is 0.518. The fourth-order valence-corrected chi connectivity index (χ4v) is 3.05. The van der Waals surface area contributed by atoms with Crippen LogP contribution in [0.3, 0.4) is 0 Å². The van der Waals surface area contributed by atoms with Crippen LogP contribution in [0.5, 0.6) is 0 Å². The maximum absolute atomic E-state index is 13.7. The highest BCUT2D eigenvalue weighted by molar-refractivity contribution is 9.10. The van der Waals surface area contributed by atoms with Crippen molar-refractivity contribution in [2.75, 3.05) is 5.75 Å². The van der Waals surface area contributed by atoms with Gasteiger partial charge in [-0.1, -0.05) is 52.0 Å². The van der Waals surface area contributed by atoms with Crippen LogP contribution >= 0.6 is 27.7 Å². The molecule has 1 aromatic heterocycles. The SMILES string of the molecule is O=C(CSc1n[nH]c(-c2ccccc2F)n1)c1cccc(Br)c1. The van der Waals surface area contributed by atoms with Crippen molar-refractivity contribution < 1.29 is 9.18 Å². The summed E-state index contributed by atoms with van der Waals surface area (Å²) in [5, 5.41) is 7.12. The van der Waals surface area contributed by atoms with E-state index in [1.54, 1.807) is 30.3 Å². The number of hydrogen-bond donors (Lipinski definition) is 1. The zero-order valence-electron chi connectivity index (χ0n) is 11.8. The predicted molar refractivity (Wildman–Crippen MR) is 91.0 cm³/mol. The van der Waals surface area contributed by atoms with E-state index in [0.717, 1.165) is 4.47 Å². The highest BCUT2D eigenvalue weighted by Gasteiger charge is 2.12. The first-order valence-electron chi connectivity index (χ1n) is 6.72. The molecule has 1 N–H and O–H groups in total. The van der Waals surface area contributed by atoms with Crippen LogP contribution in [0, 0.1) is 5.82 Å². The van der Waals surface area contributed by atoms with Crippen LogP contribution in [0.15, 0.2) is 58.2 Å². The summed E-state index contributed by atoms with van der Waals surface area (Å²) in [7, 11) is 0. The minimum Gasteiger partial charge on any atom is -0.293 e. The molecular formula is C16H11BrFN3OS. The highest BCUT2D eigenvalue weighted by atomic mass is 79.9. The van der Waals surface area contributed by atoms with Gasteiger partial charge >= 0.3 is 0 Å². The fourth-order valence-electron chi connectivity index (χ4n) is 1.96. The Kier molecular flexibility index (Phi) is 4.88. The average molecular weight is 392 g/mol. The first-order chi connectivity index (χ1) is 11.1. The Morgan fingerprint density at radius 1 is 1.22 bits per heavy atom. The Morgan fingerprint density at radius 2 is 2.04 bits per heavy atom. The number of ketones is 1. The number of H-pyrrole nitrogens is 1. The summed E-state index contributed by atoms with van der Waals surface area (Å²) in [6.45, 7) is 0. The molecule has 7 heteroatoms. The molecule has 0 aliphatic rings. The predicted octanol–water partition coefficient (Wildman–Crippen LogP) is 4.35. The Labute approximate surface area is 144 Å². The van der Waals surface area contributed by atoms with E-state index >= 15 is 0 Å².